The molecule has 5 heteroatoms. The van der Waals surface area contributed by atoms with Gasteiger partial charge in [-0.1, -0.05) is 22.0 Å². The maximum Gasteiger partial charge on any atom is 0.304 e. The highest BCUT2D eigenvalue weighted by Crippen LogP contribution is 2.15. The van der Waals surface area contributed by atoms with E-state index >= 15 is 0 Å². The zero-order chi connectivity index (χ0) is 11.3. The summed E-state index contributed by atoms with van der Waals surface area (Å²) < 4.78 is 0.972. The van der Waals surface area contributed by atoms with Crippen LogP contribution in [0.25, 0.3) is 0 Å². The molecule has 1 unspecified atom stereocenters. The number of nitrogens with two attached hydrogens (primary N) is 1. The van der Waals surface area contributed by atoms with Crippen LogP contribution in [-0.2, 0) is 4.79 Å². The molecule has 0 spiro atoms. The van der Waals surface area contributed by atoms with Gasteiger partial charge in [-0.05, 0) is 18.2 Å². The van der Waals surface area contributed by atoms with Crippen LogP contribution in [0.3, 0.4) is 0 Å². The SMILES string of the molecule is NC(CNc1cccc(Br)c1)CC(=O)O. The van der Waals surface area contributed by atoms with Crippen LogP contribution in [-0.4, -0.2) is 23.7 Å². The van der Waals surface area contributed by atoms with Crippen LogP contribution in [0.15, 0.2) is 28.7 Å². The van der Waals surface area contributed by atoms with Crippen LogP contribution in [0, 0.1) is 0 Å². The van der Waals surface area contributed by atoms with E-state index in [4.69, 9.17) is 10.8 Å². The maximum absolute atomic E-state index is 10.4. The fraction of sp³-hybridized carbons (Fsp3) is 0.300. The van der Waals surface area contributed by atoms with Crippen molar-refractivity contribution < 1.29 is 9.90 Å². The highest BCUT2D eigenvalue weighted by molar-refractivity contribution is 9.10. The molecule has 15 heavy (non-hydrogen) atoms. The normalized spacial score (nSPS) is 12.1. The molecule has 1 rings (SSSR count). The first kappa shape index (κ1) is 12.0. The molecule has 0 aliphatic heterocycles. The zero-order valence-corrected chi connectivity index (χ0v) is 9.70. The van der Waals surface area contributed by atoms with Gasteiger partial charge in [-0.3, -0.25) is 4.79 Å². The Balaban J connectivity index is 2.40. The maximum atomic E-state index is 10.4. The van der Waals surface area contributed by atoms with Gasteiger partial charge in [0.2, 0.25) is 0 Å². The third-order valence-corrected chi connectivity index (χ3v) is 2.32. The Kier molecular flexibility index (Phi) is 4.58. The highest BCUT2D eigenvalue weighted by atomic mass is 79.9. The van der Waals surface area contributed by atoms with E-state index in [0.29, 0.717) is 6.54 Å². The van der Waals surface area contributed by atoms with Crippen LogP contribution in [0.4, 0.5) is 5.69 Å². The topological polar surface area (TPSA) is 75.3 Å². The van der Waals surface area contributed by atoms with Crippen molar-refractivity contribution in [2.45, 2.75) is 12.5 Å². The Hall–Kier alpha value is -1.07. The first-order valence-corrected chi connectivity index (χ1v) is 5.34. The highest BCUT2D eigenvalue weighted by Gasteiger charge is 2.07. The number of carboxylic acids is 1. The number of hydrogen-bond donors (Lipinski definition) is 3. The van der Waals surface area contributed by atoms with Gasteiger partial charge < -0.3 is 16.2 Å². The van der Waals surface area contributed by atoms with Crippen LogP contribution >= 0.6 is 15.9 Å². The van der Waals surface area contributed by atoms with E-state index in [1.165, 1.54) is 0 Å². The largest absolute Gasteiger partial charge is 0.481 e. The van der Waals surface area contributed by atoms with Gasteiger partial charge in [-0.2, -0.15) is 0 Å². The molecule has 4 nitrogen and oxygen atoms in total. The number of hydrogen-bond acceptors (Lipinski definition) is 3. The van der Waals surface area contributed by atoms with Crippen molar-refractivity contribution in [3.05, 3.63) is 28.7 Å². The number of carbonyl (C=O) groups is 1. The second-order valence-electron chi connectivity index (χ2n) is 3.25. The molecule has 1 aromatic rings. The van der Waals surface area contributed by atoms with Crippen molar-refractivity contribution in [2.75, 3.05) is 11.9 Å². The first-order valence-electron chi connectivity index (χ1n) is 4.55. The molecule has 0 heterocycles. The quantitative estimate of drug-likeness (QED) is 0.762. The molecule has 0 saturated heterocycles. The second-order valence-corrected chi connectivity index (χ2v) is 4.16. The average Bonchev–Trinajstić information content (AvgIpc) is 2.14. The summed E-state index contributed by atoms with van der Waals surface area (Å²) in [5, 5.41) is 11.6. The summed E-state index contributed by atoms with van der Waals surface area (Å²) in [5.41, 5.74) is 6.53. The Bertz CT molecular complexity index is 344. The summed E-state index contributed by atoms with van der Waals surface area (Å²) >= 11 is 3.34. The summed E-state index contributed by atoms with van der Waals surface area (Å²) in [6.07, 6.45) is -0.0268. The predicted octanol–water partition coefficient (Wildman–Crippen LogP) is 1.66. The fourth-order valence-electron chi connectivity index (χ4n) is 1.14. The summed E-state index contributed by atoms with van der Waals surface area (Å²) in [4.78, 5) is 10.4. The van der Waals surface area contributed by atoms with E-state index in [0.717, 1.165) is 10.2 Å². The number of aliphatic carboxylic acids is 1. The monoisotopic (exact) mass is 272 g/mol. The van der Waals surface area contributed by atoms with E-state index < -0.39 is 5.97 Å². The van der Waals surface area contributed by atoms with Gasteiger partial charge in [0.25, 0.3) is 0 Å². The molecular weight excluding hydrogens is 260 g/mol. The van der Waals surface area contributed by atoms with Gasteiger partial charge in [-0.25, -0.2) is 0 Å². The Morgan fingerprint density at radius 3 is 2.93 bits per heavy atom. The van der Waals surface area contributed by atoms with Crippen LogP contribution < -0.4 is 11.1 Å². The average molecular weight is 273 g/mol. The molecule has 1 aromatic carbocycles. The van der Waals surface area contributed by atoms with Gasteiger partial charge in [0.05, 0.1) is 6.42 Å². The van der Waals surface area contributed by atoms with Crippen molar-refractivity contribution in [1.82, 2.24) is 0 Å². The van der Waals surface area contributed by atoms with Crippen molar-refractivity contribution in [3.8, 4) is 0 Å². The summed E-state index contributed by atoms with van der Waals surface area (Å²) in [6.45, 7) is 0.447. The van der Waals surface area contributed by atoms with E-state index in [9.17, 15) is 4.79 Å². The lowest BCUT2D eigenvalue weighted by Gasteiger charge is -2.11. The van der Waals surface area contributed by atoms with Gasteiger partial charge in [0.15, 0.2) is 0 Å². The molecular formula is C10H13BrN2O2. The van der Waals surface area contributed by atoms with E-state index in [1.54, 1.807) is 0 Å². The molecule has 0 aromatic heterocycles. The van der Waals surface area contributed by atoms with Crippen molar-refractivity contribution in [1.29, 1.82) is 0 Å². The lowest BCUT2D eigenvalue weighted by Crippen LogP contribution is -2.31. The molecule has 0 bridgehead atoms. The van der Waals surface area contributed by atoms with Crippen molar-refractivity contribution in [3.63, 3.8) is 0 Å². The summed E-state index contributed by atoms with van der Waals surface area (Å²) in [7, 11) is 0. The Morgan fingerprint density at radius 2 is 2.33 bits per heavy atom. The van der Waals surface area contributed by atoms with Crippen molar-refractivity contribution >= 4 is 27.6 Å². The minimum atomic E-state index is -0.876. The Morgan fingerprint density at radius 1 is 1.60 bits per heavy atom. The standard InChI is InChI=1S/C10H13BrN2O2/c11-7-2-1-3-9(4-7)13-6-8(12)5-10(14)15/h1-4,8,13H,5-6,12H2,(H,14,15). The van der Waals surface area contributed by atoms with E-state index in [-0.39, 0.29) is 12.5 Å². The van der Waals surface area contributed by atoms with E-state index in [2.05, 4.69) is 21.2 Å². The van der Waals surface area contributed by atoms with Gasteiger partial charge in [0.1, 0.15) is 0 Å². The van der Waals surface area contributed by atoms with Crippen molar-refractivity contribution in [2.24, 2.45) is 5.73 Å². The molecule has 0 radical (unpaired) electrons. The minimum absolute atomic E-state index is 0.0268. The van der Waals surface area contributed by atoms with Crippen LogP contribution in [0.5, 0.6) is 0 Å². The Labute approximate surface area is 96.6 Å². The summed E-state index contributed by atoms with van der Waals surface area (Å²) in [6, 6.07) is 7.25. The molecule has 0 aliphatic carbocycles. The molecule has 1 atom stereocenters. The summed E-state index contributed by atoms with van der Waals surface area (Å²) in [5.74, 6) is -0.876. The predicted molar refractivity (Wildman–Crippen MR) is 62.9 cm³/mol. The van der Waals surface area contributed by atoms with Gasteiger partial charge >= 0.3 is 5.97 Å². The molecule has 82 valence electrons. The minimum Gasteiger partial charge on any atom is -0.481 e. The smallest absolute Gasteiger partial charge is 0.304 e. The third kappa shape index (κ3) is 4.80. The second kappa shape index (κ2) is 5.72. The number of benzene rings is 1. The fourth-order valence-corrected chi connectivity index (χ4v) is 1.54. The number of halogens is 1. The number of carboxylic acid groups (broad SMARTS) is 1. The molecule has 0 fully saturated rings. The van der Waals surface area contributed by atoms with Crippen LogP contribution in [0.2, 0.25) is 0 Å². The molecule has 0 saturated carbocycles. The van der Waals surface area contributed by atoms with Gasteiger partial charge in [0, 0.05) is 22.7 Å². The van der Waals surface area contributed by atoms with E-state index in [1.807, 2.05) is 24.3 Å². The lowest BCUT2D eigenvalue weighted by molar-refractivity contribution is -0.137. The number of nitrogens with one attached hydrogen (secondary N) is 1. The first-order chi connectivity index (χ1) is 7.08. The molecule has 0 aliphatic rings. The van der Waals surface area contributed by atoms with Crippen LogP contribution in [0.1, 0.15) is 6.42 Å². The number of rotatable bonds is 5. The molecule has 4 N–H and O–H groups in total. The number of anilines is 1. The molecule has 0 amide bonds. The third-order valence-electron chi connectivity index (χ3n) is 1.83. The van der Waals surface area contributed by atoms with Gasteiger partial charge in [-0.15, -0.1) is 0 Å². The zero-order valence-electron chi connectivity index (χ0n) is 8.11. The lowest BCUT2D eigenvalue weighted by atomic mass is 10.2.